The fraction of sp³-hybridized carbons (Fsp3) is 0.348. The summed E-state index contributed by atoms with van der Waals surface area (Å²) in [5, 5.41) is 2.20. The number of aromatic nitrogens is 1. The first-order chi connectivity index (χ1) is 16.3. The first-order valence-electron chi connectivity index (χ1n) is 11.0. The molecule has 1 unspecified atom stereocenters. The number of piperidine rings is 1. The highest BCUT2D eigenvalue weighted by Crippen LogP contribution is 2.29. The maximum absolute atomic E-state index is 14.4. The van der Waals surface area contributed by atoms with Gasteiger partial charge in [0.15, 0.2) is 5.82 Å². The summed E-state index contributed by atoms with van der Waals surface area (Å²) in [5.41, 5.74) is 1.92. The third-order valence-electron chi connectivity index (χ3n) is 6.45. The van der Waals surface area contributed by atoms with Crippen molar-refractivity contribution in [1.29, 1.82) is 0 Å². The summed E-state index contributed by atoms with van der Waals surface area (Å²) in [6, 6.07) is 5.82. The van der Waals surface area contributed by atoms with E-state index in [9.17, 15) is 23.6 Å². The summed E-state index contributed by atoms with van der Waals surface area (Å²) in [4.78, 5) is 58.5. The van der Waals surface area contributed by atoms with Crippen molar-refractivity contribution in [3.8, 4) is 0 Å². The second kappa shape index (κ2) is 8.88. The van der Waals surface area contributed by atoms with Crippen molar-refractivity contribution in [2.24, 2.45) is 0 Å². The fourth-order valence-corrected chi connectivity index (χ4v) is 5.00. The Labute approximate surface area is 203 Å². The molecule has 9 nitrogen and oxygen atoms in total. The maximum atomic E-state index is 14.4. The van der Waals surface area contributed by atoms with Crippen molar-refractivity contribution in [2.75, 3.05) is 31.1 Å². The lowest BCUT2D eigenvalue weighted by molar-refractivity contribution is -0.136. The number of rotatable bonds is 4. The predicted octanol–water partition coefficient (Wildman–Crippen LogP) is 1.71. The number of pyridine rings is 1. The summed E-state index contributed by atoms with van der Waals surface area (Å²) in [6.45, 7) is 3.25. The SMILES string of the molecule is O=C1CCC(N2C(=O)c3ccc(CN4CCN(c5ccnc(Br)c5F)CC4)cc3C2=O)C(=O)N1. The van der Waals surface area contributed by atoms with Crippen LogP contribution >= 0.6 is 15.9 Å². The van der Waals surface area contributed by atoms with Crippen molar-refractivity contribution in [1.82, 2.24) is 20.1 Å². The number of carbonyl (C=O) groups is 4. The first-order valence-corrected chi connectivity index (χ1v) is 11.7. The number of carbonyl (C=O) groups excluding carboxylic acids is 4. The predicted molar refractivity (Wildman–Crippen MR) is 122 cm³/mol. The van der Waals surface area contributed by atoms with Gasteiger partial charge in [0.05, 0.1) is 16.8 Å². The molecule has 0 saturated carbocycles. The summed E-state index contributed by atoms with van der Waals surface area (Å²) < 4.78 is 14.6. The van der Waals surface area contributed by atoms with E-state index in [0.717, 1.165) is 10.5 Å². The molecule has 1 N–H and O–H groups in total. The zero-order valence-electron chi connectivity index (χ0n) is 18.1. The molecule has 0 spiro atoms. The topological polar surface area (TPSA) is 103 Å². The number of fused-ring (bicyclic) bond motifs is 1. The van der Waals surface area contributed by atoms with Crippen LogP contribution in [-0.2, 0) is 16.1 Å². The largest absolute Gasteiger partial charge is 0.366 e. The second-order valence-corrected chi connectivity index (χ2v) is 9.28. The number of piperazine rings is 1. The van der Waals surface area contributed by atoms with Gasteiger partial charge in [0.2, 0.25) is 11.8 Å². The zero-order chi connectivity index (χ0) is 24.0. The van der Waals surface area contributed by atoms with E-state index in [-0.39, 0.29) is 34.4 Å². The van der Waals surface area contributed by atoms with Gasteiger partial charge in [-0.2, -0.15) is 0 Å². The van der Waals surface area contributed by atoms with Crippen molar-refractivity contribution < 1.29 is 23.6 Å². The van der Waals surface area contributed by atoms with Crippen LogP contribution in [0.5, 0.6) is 0 Å². The standard InChI is InChI=1S/C23H21BrFN5O4/c24-20-19(25)16(5-6-26-20)29-9-7-28(8-10-29)12-13-1-2-14-15(11-13)23(34)30(22(14)33)17-3-4-18(31)27-21(17)32/h1-2,5-6,11,17H,3-4,7-10,12H2,(H,27,31,32). The molecule has 2 aromatic rings. The number of imide groups is 2. The van der Waals surface area contributed by atoms with Crippen LogP contribution < -0.4 is 10.2 Å². The molecule has 11 heteroatoms. The highest BCUT2D eigenvalue weighted by molar-refractivity contribution is 9.10. The van der Waals surface area contributed by atoms with Crippen LogP contribution in [0.4, 0.5) is 10.1 Å². The number of benzene rings is 1. The molecule has 3 aliphatic heterocycles. The lowest BCUT2D eigenvalue weighted by Crippen LogP contribution is -2.54. The van der Waals surface area contributed by atoms with E-state index in [1.54, 1.807) is 24.4 Å². The van der Waals surface area contributed by atoms with Crippen LogP contribution in [0.15, 0.2) is 35.1 Å². The van der Waals surface area contributed by atoms with Gasteiger partial charge >= 0.3 is 0 Å². The molecule has 5 rings (SSSR count). The molecule has 3 aliphatic rings. The van der Waals surface area contributed by atoms with Gasteiger partial charge in [-0.15, -0.1) is 0 Å². The number of halogens is 2. The highest BCUT2D eigenvalue weighted by atomic mass is 79.9. The minimum Gasteiger partial charge on any atom is -0.366 e. The molecule has 0 aliphatic carbocycles. The molecule has 4 amide bonds. The van der Waals surface area contributed by atoms with E-state index in [2.05, 4.69) is 31.1 Å². The Hall–Kier alpha value is -3.18. The number of nitrogens with zero attached hydrogens (tertiary/aromatic N) is 4. The molecule has 1 atom stereocenters. The molecule has 2 saturated heterocycles. The second-order valence-electron chi connectivity index (χ2n) is 8.53. The Bertz CT molecular complexity index is 1210. The Morgan fingerprint density at radius 1 is 1.03 bits per heavy atom. The molecule has 2 fully saturated rings. The number of nitrogens with one attached hydrogen (secondary N) is 1. The maximum Gasteiger partial charge on any atom is 0.262 e. The molecular formula is C23H21BrFN5O4. The van der Waals surface area contributed by atoms with Crippen molar-refractivity contribution in [3.63, 3.8) is 0 Å². The van der Waals surface area contributed by atoms with Crippen LogP contribution in [0.2, 0.25) is 0 Å². The molecule has 0 radical (unpaired) electrons. The number of hydrogen-bond donors (Lipinski definition) is 1. The third kappa shape index (κ3) is 3.98. The average Bonchev–Trinajstić information content (AvgIpc) is 3.06. The van der Waals surface area contributed by atoms with Crippen LogP contribution in [0.25, 0.3) is 0 Å². The van der Waals surface area contributed by atoms with Gasteiger partial charge in [-0.05, 0) is 46.1 Å². The Kier molecular flexibility index (Phi) is 5.90. The average molecular weight is 530 g/mol. The van der Waals surface area contributed by atoms with E-state index in [4.69, 9.17) is 0 Å². The smallest absolute Gasteiger partial charge is 0.262 e. The minimum absolute atomic E-state index is 0.0847. The normalized spacial score (nSPS) is 21.2. The van der Waals surface area contributed by atoms with Gasteiger partial charge in [-0.25, -0.2) is 9.37 Å². The van der Waals surface area contributed by atoms with E-state index >= 15 is 0 Å². The lowest BCUT2D eigenvalue weighted by atomic mass is 10.0. The summed E-state index contributed by atoms with van der Waals surface area (Å²) in [7, 11) is 0. The van der Waals surface area contributed by atoms with Crippen LogP contribution in [-0.4, -0.2) is 70.6 Å². The van der Waals surface area contributed by atoms with E-state index in [1.807, 2.05) is 11.0 Å². The van der Waals surface area contributed by atoms with E-state index in [0.29, 0.717) is 38.4 Å². The third-order valence-corrected chi connectivity index (χ3v) is 7.00. The highest BCUT2D eigenvalue weighted by Gasteiger charge is 2.44. The molecule has 0 bridgehead atoms. The van der Waals surface area contributed by atoms with Crippen molar-refractivity contribution in [3.05, 3.63) is 57.6 Å². The Balaban J connectivity index is 1.26. The quantitative estimate of drug-likeness (QED) is 0.475. The number of hydrogen-bond acceptors (Lipinski definition) is 7. The van der Waals surface area contributed by atoms with E-state index in [1.165, 1.54) is 0 Å². The van der Waals surface area contributed by atoms with Gasteiger partial charge in [-0.3, -0.25) is 34.3 Å². The molecular weight excluding hydrogens is 509 g/mol. The Morgan fingerprint density at radius 3 is 2.50 bits per heavy atom. The monoisotopic (exact) mass is 529 g/mol. The molecule has 1 aromatic carbocycles. The molecule has 34 heavy (non-hydrogen) atoms. The number of amides is 4. The molecule has 176 valence electrons. The minimum atomic E-state index is -0.977. The van der Waals surface area contributed by atoms with Crippen molar-refractivity contribution in [2.45, 2.75) is 25.4 Å². The first kappa shape index (κ1) is 22.6. The molecule has 4 heterocycles. The van der Waals surface area contributed by atoms with Crippen LogP contribution in [0.1, 0.15) is 39.1 Å². The van der Waals surface area contributed by atoms with Gasteiger partial charge in [0, 0.05) is 45.3 Å². The molecule has 1 aromatic heterocycles. The van der Waals surface area contributed by atoms with Crippen LogP contribution in [0.3, 0.4) is 0 Å². The van der Waals surface area contributed by atoms with Gasteiger partial charge in [-0.1, -0.05) is 6.07 Å². The summed E-state index contributed by atoms with van der Waals surface area (Å²) in [5.74, 6) is -2.43. The fourth-order valence-electron chi connectivity index (χ4n) is 4.67. The van der Waals surface area contributed by atoms with Gasteiger partial charge in [0.25, 0.3) is 11.8 Å². The number of anilines is 1. The van der Waals surface area contributed by atoms with Crippen LogP contribution in [0, 0.1) is 5.82 Å². The summed E-state index contributed by atoms with van der Waals surface area (Å²) in [6.07, 6.45) is 1.78. The van der Waals surface area contributed by atoms with Gasteiger partial charge < -0.3 is 4.90 Å². The van der Waals surface area contributed by atoms with Gasteiger partial charge in [0.1, 0.15) is 10.6 Å². The summed E-state index contributed by atoms with van der Waals surface area (Å²) >= 11 is 3.12. The van der Waals surface area contributed by atoms with Crippen molar-refractivity contribution >= 4 is 45.2 Å². The zero-order valence-corrected chi connectivity index (χ0v) is 19.7. The lowest BCUT2D eigenvalue weighted by Gasteiger charge is -2.36. The Morgan fingerprint density at radius 2 is 1.76 bits per heavy atom. The van der Waals surface area contributed by atoms with E-state index < -0.39 is 29.7 Å².